The lowest BCUT2D eigenvalue weighted by Gasteiger charge is -2.26. The highest BCUT2D eigenvalue weighted by Gasteiger charge is 2.36. The maximum absolute atomic E-state index is 13.0. The van der Waals surface area contributed by atoms with Crippen LogP contribution in [0.2, 0.25) is 0 Å². The van der Waals surface area contributed by atoms with Crippen molar-refractivity contribution in [2.24, 2.45) is 0 Å². The number of benzene rings is 2. The molecule has 0 atom stereocenters. The van der Waals surface area contributed by atoms with Gasteiger partial charge in [-0.3, -0.25) is 14.9 Å². The summed E-state index contributed by atoms with van der Waals surface area (Å²) in [7, 11) is 1.50. The number of carbonyl (C=O) groups excluding carboxylic acids is 3. The molecule has 160 valence electrons. The third-order valence-electron chi connectivity index (χ3n) is 5.59. The molecule has 0 aliphatic carbocycles. The maximum Gasteiger partial charge on any atom is 0.335 e. The second kappa shape index (κ2) is 9.04. The van der Waals surface area contributed by atoms with Crippen LogP contribution in [0.3, 0.4) is 0 Å². The topological polar surface area (TPSA) is 79.0 Å². The van der Waals surface area contributed by atoms with Crippen molar-refractivity contribution in [3.63, 3.8) is 0 Å². The number of nitrogens with zero attached hydrogens (tertiary/aromatic N) is 2. The van der Waals surface area contributed by atoms with Gasteiger partial charge >= 0.3 is 6.03 Å². The molecule has 2 aliphatic heterocycles. The number of methoxy groups -OCH3 is 1. The first-order valence-corrected chi connectivity index (χ1v) is 10.5. The van der Waals surface area contributed by atoms with Crippen LogP contribution in [0.4, 0.5) is 16.2 Å². The van der Waals surface area contributed by atoms with E-state index in [-0.39, 0.29) is 5.57 Å². The summed E-state index contributed by atoms with van der Waals surface area (Å²) < 4.78 is 5.17. The molecule has 2 fully saturated rings. The molecule has 2 aromatic rings. The molecule has 0 unspecified atom stereocenters. The van der Waals surface area contributed by atoms with Crippen LogP contribution in [0.25, 0.3) is 6.08 Å². The van der Waals surface area contributed by atoms with Gasteiger partial charge in [-0.25, -0.2) is 9.69 Å². The molecule has 0 radical (unpaired) electrons. The minimum absolute atomic E-state index is 0.0926. The molecule has 31 heavy (non-hydrogen) atoms. The second-order valence-electron chi connectivity index (χ2n) is 7.65. The molecule has 0 aromatic heterocycles. The number of amides is 4. The van der Waals surface area contributed by atoms with Crippen molar-refractivity contribution in [2.45, 2.75) is 25.7 Å². The molecular weight excluding hydrogens is 394 g/mol. The van der Waals surface area contributed by atoms with E-state index in [1.165, 1.54) is 38.9 Å². The van der Waals surface area contributed by atoms with Gasteiger partial charge in [0.2, 0.25) is 0 Å². The normalized spacial score (nSPS) is 18.7. The first-order valence-electron chi connectivity index (χ1n) is 10.5. The Balaban J connectivity index is 1.59. The van der Waals surface area contributed by atoms with Crippen LogP contribution >= 0.6 is 0 Å². The molecule has 2 aromatic carbocycles. The predicted molar refractivity (Wildman–Crippen MR) is 119 cm³/mol. The summed E-state index contributed by atoms with van der Waals surface area (Å²) in [5, 5.41) is 2.25. The highest BCUT2D eigenvalue weighted by molar-refractivity contribution is 6.39. The van der Waals surface area contributed by atoms with Crippen LogP contribution in [0.5, 0.6) is 5.75 Å². The number of anilines is 2. The largest absolute Gasteiger partial charge is 0.497 e. The van der Waals surface area contributed by atoms with Gasteiger partial charge in [-0.2, -0.15) is 0 Å². The number of rotatable bonds is 4. The standard InChI is InChI=1S/C24H25N3O4/c1-31-20-8-6-7-19(16-20)27-23(29)21(22(28)25-24(27)30)15-17-9-11-18(12-10-17)26-13-4-2-3-5-14-26/h6-12,15-16H,2-5,13-14H2,1H3,(H,25,28,30). The van der Waals surface area contributed by atoms with E-state index >= 15 is 0 Å². The van der Waals surface area contributed by atoms with Crippen molar-refractivity contribution < 1.29 is 19.1 Å². The zero-order chi connectivity index (χ0) is 21.8. The third-order valence-corrected chi connectivity index (χ3v) is 5.59. The van der Waals surface area contributed by atoms with Gasteiger partial charge in [0.05, 0.1) is 12.8 Å². The van der Waals surface area contributed by atoms with E-state index < -0.39 is 17.8 Å². The number of barbiturate groups is 1. The number of imide groups is 2. The number of urea groups is 1. The molecule has 1 N–H and O–H groups in total. The smallest absolute Gasteiger partial charge is 0.335 e. The Labute approximate surface area is 181 Å². The van der Waals surface area contributed by atoms with Gasteiger partial charge in [0.1, 0.15) is 11.3 Å². The lowest BCUT2D eigenvalue weighted by Crippen LogP contribution is -2.54. The minimum atomic E-state index is -0.781. The van der Waals surface area contributed by atoms with E-state index in [9.17, 15) is 14.4 Å². The van der Waals surface area contributed by atoms with Crippen molar-refractivity contribution in [3.05, 3.63) is 59.7 Å². The molecule has 2 saturated heterocycles. The Morgan fingerprint density at radius 2 is 1.61 bits per heavy atom. The van der Waals surface area contributed by atoms with E-state index in [2.05, 4.69) is 10.2 Å². The molecule has 0 bridgehead atoms. The van der Waals surface area contributed by atoms with Gasteiger partial charge in [0.25, 0.3) is 11.8 Å². The fourth-order valence-electron chi connectivity index (χ4n) is 3.92. The van der Waals surface area contributed by atoms with Gasteiger partial charge in [-0.15, -0.1) is 0 Å². The van der Waals surface area contributed by atoms with Gasteiger partial charge < -0.3 is 9.64 Å². The molecule has 0 saturated carbocycles. The van der Waals surface area contributed by atoms with Crippen LogP contribution in [0.15, 0.2) is 54.1 Å². The molecule has 4 rings (SSSR count). The van der Waals surface area contributed by atoms with Crippen LogP contribution < -0.4 is 19.9 Å². The summed E-state index contributed by atoms with van der Waals surface area (Å²) in [5.41, 5.74) is 2.09. The van der Waals surface area contributed by atoms with E-state index in [1.54, 1.807) is 24.3 Å². The zero-order valence-corrected chi connectivity index (χ0v) is 17.5. The first-order chi connectivity index (χ1) is 15.1. The lowest BCUT2D eigenvalue weighted by molar-refractivity contribution is -0.122. The number of nitrogens with one attached hydrogen (secondary N) is 1. The molecule has 2 aliphatic rings. The Morgan fingerprint density at radius 1 is 0.903 bits per heavy atom. The Bertz CT molecular complexity index is 1020. The predicted octanol–water partition coefficient (Wildman–Crippen LogP) is 3.74. The summed E-state index contributed by atoms with van der Waals surface area (Å²) in [4.78, 5) is 41.1. The molecular formula is C24H25N3O4. The Hall–Kier alpha value is -3.61. The zero-order valence-electron chi connectivity index (χ0n) is 17.5. The van der Waals surface area contributed by atoms with Gasteiger partial charge in [0.15, 0.2) is 0 Å². The molecule has 7 nitrogen and oxygen atoms in total. The van der Waals surface area contributed by atoms with E-state index in [0.717, 1.165) is 29.2 Å². The lowest BCUT2D eigenvalue weighted by atomic mass is 10.1. The summed E-state index contributed by atoms with van der Waals surface area (Å²) in [6, 6.07) is 13.6. The monoisotopic (exact) mass is 419 g/mol. The fraction of sp³-hybridized carbons (Fsp3) is 0.292. The fourth-order valence-corrected chi connectivity index (χ4v) is 3.92. The molecule has 0 spiro atoms. The minimum Gasteiger partial charge on any atom is -0.497 e. The van der Waals surface area contributed by atoms with Crippen LogP contribution in [0.1, 0.15) is 31.2 Å². The number of hydrogen-bond donors (Lipinski definition) is 1. The Morgan fingerprint density at radius 3 is 2.29 bits per heavy atom. The SMILES string of the molecule is COc1cccc(N2C(=O)NC(=O)C(=Cc3ccc(N4CCCCCC4)cc3)C2=O)c1. The van der Waals surface area contributed by atoms with Crippen LogP contribution in [-0.2, 0) is 9.59 Å². The highest BCUT2D eigenvalue weighted by atomic mass is 16.5. The van der Waals surface area contributed by atoms with Crippen molar-refractivity contribution in [2.75, 3.05) is 30.0 Å². The molecule has 2 heterocycles. The average Bonchev–Trinajstić information content (AvgIpc) is 3.07. The van der Waals surface area contributed by atoms with Crippen molar-refractivity contribution >= 4 is 35.3 Å². The third kappa shape index (κ3) is 4.45. The second-order valence-corrected chi connectivity index (χ2v) is 7.65. The summed E-state index contributed by atoms with van der Waals surface area (Å²) >= 11 is 0. The Kier molecular flexibility index (Phi) is 6.02. The highest BCUT2D eigenvalue weighted by Crippen LogP contribution is 2.26. The first kappa shape index (κ1) is 20.7. The summed E-state index contributed by atoms with van der Waals surface area (Å²) in [6.45, 7) is 2.08. The van der Waals surface area contributed by atoms with E-state index in [1.807, 2.05) is 24.3 Å². The van der Waals surface area contributed by atoms with Gasteiger partial charge in [-0.05, 0) is 48.7 Å². The van der Waals surface area contributed by atoms with Crippen molar-refractivity contribution in [1.29, 1.82) is 0 Å². The van der Waals surface area contributed by atoms with Crippen LogP contribution in [0, 0.1) is 0 Å². The van der Waals surface area contributed by atoms with Gasteiger partial charge in [-0.1, -0.05) is 31.0 Å². The summed E-state index contributed by atoms with van der Waals surface area (Å²) in [5.74, 6) is -0.867. The summed E-state index contributed by atoms with van der Waals surface area (Å²) in [6.07, 6.45) is 6.42. The number of hydrogen-bond acceptors (Lipinski definition) is 5. The molecule has 4 amide bonds. The van der Waals surface area contributed by atoms with E-state index in [0.29, 0.717) is 11.4 Å². The number of carbonyl (C=O) groups is 3. The maximum atomic E-state index is 13.0. The number of ether oxygens (including phenoxy) is 1. The average molecular weight is 419 g/mol. The quantitative estimate of drug-likeness (QED) is 0.603. The van der Waals surface area contributed by atoms with Crippen LogP contribution in [-0.4, -0.2) is 38.0 Å². The van der Waals surface area contributed by atoms with E-state index in [4.69, 9.17) is 4.74 Å². The van der Waals surface area contributed by atoms with Crippen molar-refractivity contribution in [1.82, 2.24) is 5.32 Å². The van der Waals surface area contributed by atoms with Gasteiger partial charge in [0, 0.05) is 24.8 Å². The molecule has 7 heteroatoms. The van der Waals surface area contributed by atoms with Crippen molar-refractivity contribution in [3.8, 4) is 5.75 Å².